The molecule has 2 aliphatic rings. The minimum atomic E-state index is 0.0766. The van der Waals surface area contributed by atoms with Gasteiger partial charge in [0, 0.05) is 18.4 Å². The van der Waals surface area contributed by atoms with Crippen molar-refractivity contribution in [2.45, 2.75) is 38.6 Å². The second kappa shape index (κ2) is 4.85. The largest absolute Gasteiger partial charge is 0.299 e. The quantitative estimate of drug-likeness (QED) is 0.795. The molecule has 0 atom stereocenters. The number of carbonyl (C=O) groups is 1. The Morgan fingerprint density at radius 1 is 1.06 bits per heavy atom. The zero-order valence-electron chi connectivity index (χ0n) is 10.9. The third-order valence-corrected chi connectivity index (χ3v) is 4.71. The van der Waals surface area contributed by atoms with Gasteiger partial charge in [-0.05, 0) is 44.3 Å². The number of Topliss-reactive ketones (excluding diaryl/α,β-unsaturated/α-hetero) is 1. The Balaban J connectivity index is 1.59. The minimum absolute atomic E-state index is 0.0766. The lowest BCUT2D eigenvalue weighted by Gasteiger charge is -2.38. The summed E-state index contributed by atoms with van der Waals surface area (Å²) in [4.78, 5) is 14.5. The molecule has 0 N–H and O–H groups in total. The van der Waals surface area contributed by atoms with Crippen LogP contribution in [0.5, 0.6) is 0 Å². The fourth-order valence-corrected chi connectivity index (χ4v) is 3.50. The van der Waals surface area contributed by atoms with E-state index in [0.29, 0.717) is 5.78 Å². The van der Waals surface area contributed by atoms with E-state index in [-0.39, 0.29) is 5.41 Å². The molecule has 3 rings (SSSR count). The molecule has 1 saturated carbocycles. The number of hydrogen-bond acceptors (Lipinski definition) is 2. The standard InChI is InChI=1S/C16H21NO/c18-15-7-4-8-16(15)9-11-17(12-10-16)13-14-5-2-1-3-6-14/h1-3,5-6H,4,7-13H2. The number of ketones is 1. The zero-order valence-corrected chi connectivity index (χ0v) is 10.9. The Kier molecular flexibility index (Phi) is 3.21. The van der Waals surface area contributed by atoms with Crippen molar-refractivity contribution in [1.29, 1.82) is 0 Å². The zero-order chi connectivity index (χ0) is 12.4. The molecule has 2 heteroatoms. The van der Waals surface area contributed by atoms with Gasteiger partial charge < -0.3 is 0 Å². The molecule has 1 aliphatic heterocycles. The maximum absolute atomic E-state index is 12.0. The second-order valence-electron chi connectivity index (χ2n) is 5.82. The van der Waals surface area contributed by atoms with Gasteiger partial charge in [-0.3, -0.25) is 9.69 Å². The number of likely N-dealkylation sites (tertiary alicyclic amines) is 1. The van der Waals surface area contributed by atoms with Crippen LogP contribution in [-0.4, -0.2) is 23.8 Å². The van der Waals surface area contributed by atoms with E-state index in [9.17, 15) is 4.79 Å². The Morgan fingerprint density at radius 3 is 2.39 bits per heavy atom. The van der Waals surface area contributed by atoms with Gasteiger partial charge in [-0.2, -0.15) is 0 Å². The highest BCUT2D eigenvalue weighted by Gasteiger charge is 2.43. The van der Waals surface area contributed by atoms with E-state index in [4.69, 9.17) is 0 Å². The molecule has 0 amide bonds. The number of piperidine rings is 1. The molecule has 2 nitrogen and oxygen atoms in total. The summed E-state index contributed by atoms with van der Waals surface area (Å²) in [5.74, 6) is 0.543. The molecule has 1 heterocycles. The molecular weight excluding hydrogens is 222 g/mol. The van der Waals surface area contributed by atoms with Gasteiger partial charge in [0.15, 0.2) is 0 Å². The normalized spacial score (nSPS) is 23.7. The molecule has 18 heavy (non-hydrogen) atoms. The molecule has 0 unspecified atom stereocenters. The highest BCUT2D eigenvalue weighted by atomic mass is 16.1. The van der Waals surface area contributed by atoms with Crippen LogP contribution in [0.4, 0.5) is 0 Å². The van der Waals surface area contributed by atoms with Crippen molar-refractivity contribution in [2.75, 3.05) is 13.1 Å². The Hall–Kier alpha value is -1.15. The van der Waals surface area contributed by atoms with Gasteiger partial charge in [0.1, 0.15) is 5.78 Å². The first-order valence-corrected chi connectivity index (χ1v) is 7.08. The van der Waals surface area contributed by atoms with E-state index in [1.165, 1.54) is 5.56 Å². The van der Waals surface area contributed by atoms with Crippen molar-refractivity contribution in [1.82, 2.24) is 4.90 Å². The minimum Gasteiger partial charge on any atom is -0.299 e. The third-order valence-electron chi connectivity index (χ3n) is 4.71. The molecule has 96 valence electrons. The predicted molar refractivity (Wildman–Crippen MR) is 72.2 cm³/mol. The lowest BCUT2D eigenvalue weighted by Crippen LogP contribution is -2.41. The van der Waals surface area contributed by atoms with Crippen LogP contribution in [0.1, 0.15) is 37.7 Å². The van der Waals surface area contributed by atoms with Crippen LogP contribution in [0.3, 0.4) is 0 Å². The van der Waals surface area contributed by atoms with Crippen molar-refractivity contribution >= 4 is 5.78 Å². The Bertz CT molecular complexity index is 418. The molecule has 0 radical (unpaired) electrons. The molecule has 1 aromatic carbocycles. The van der Waals surface area contributed by atoms with E-state index in [1.807, 2.05) is 0 Å². The average Bonchev–Trinajstić information content (AvgIpc) is 2.75. The van der Waals surface area contributed by atoms with Crippen LogP contribution in [0.25, 0.3) is 0 Å². The topological polar surface area (TPSA) is 20.3 Å². The maximum atomic E-state index is 12.0. The monoisotopic (exact) mass is 243 g/mol. The van der Waals surface area contributed by atoms with Crippen LogP contribution >= 0.6 is 0 Å². The molecule has 2 fully saturated rings. The van der Waals surface area contributed by atoms with Crippen molar-refractivity contribution < 1.29 is 4.79 Å². The van der Waals surface area contributed by atoms with Crippen LogP contribution in [0.15, 0.2) is 30.3 Å². The van der Waals surface area contributed by atoms with Gasteiger partial charge >= 0.3 is 0 Å². The van der Waals surface area contributed by atoms with Crippen LogP contribution in [0, 0.1) is 5.41 Å². The summed E-state index contributed by atoms with van der Waals surface area (Å²) in [6, 6.07) is 10.6. The summed E-state index contributed by atoms with van der Waals surface area (Å²) in [5.41, 5.74) is 1.46. The summed E-state index contributed by atoms with van der Waals surface area (Å²) in [6.07, 6.45) is 5.26. The summed E-state index contributed by atoms with van der Waals surface area (Å²) < 4.78 is 0. The van der Waals surface area contributed by atoms with Crippen molar-refractivity contribution in [2.24, 2.45) is 5.41 Å². The van der Waals surface area contributed by atoms with E-state index in [1.54, 1.807) is 0 Å². The second-order valence-corrected chi connectivity index (χ2v) is 5.82. The number of benzene rings is 1. The van der Waals surface area contributed by atoms with Gasteiger partial charge in [-0.1, -0.05) is 30.3 Å². The predicted octanol–water partition coefficient (Wildman–Crippen LogP) is 3.02. The highest BCUT2D eigenvalue weighted by Crippen LogP contribution is 2.43. The van der Waals surface area contributed by atoms with Crippen molar-refractivity contribution in [3.8, 4) is 0 Å². The van der Waals surface area contributed by atoms with E-state index < -0.39 is 0 Å². The van der Waals surface area contributed by atoms with E-state index >= 15 is 0 Å². The fourth-order valence-electron chi connectivity index (χ4n) is 3.50. The molecule has 1 saturated heterocycles. The summed E-state index contributed by atoms with van der Waals surface area (Å²) in [7, 11) is 0. The summed E-state index contributed by atoms with van der Waals surface area (Å²) in [5, 5.41) is 0. The van der Waals surface area contributed by atoms with Gasteiger partial charge in [0.2, 0.25) is 0 Å². The lowest BCUT2D eigenvalue weighted by molar-refractivity contribution is -0.128. The van der Waals surface area contributed by atoms with E-state index in [2.05, 4.69) is 35.2 Å². The Morgan fingerprint density at radius 2 is 1.78 bits per heavy atom. The van der Waals surface area contributed by atoms with Crippen LogP contribution in [0.2, 0.25) is 0 Å². The first kappa shape index (κ1) is 11.9. The Labute approximate surface area is 109 Å². The smallest absolute Gasteiger partial charge is 0.139 e. The van der Waals surface area contributed by atoms with Crippen LogP contribution in [-0.2, 0) is 11.3 Å². The summed E-state index contributed by atoms with van der Waals surface area (Å²) in [6.45, 7) is 3.20. The van der Waals surface area contributed by atoms with Gasteiger partial charge in [0.25, 0.3) is 0 Å². The molecular formula is C16H21NO. The number of rotatable bonds is 2. The fraction of sp³-hybridized carbons (Fsp3) is 0.562. The number of nitrogens with zero attached hydrogens (tertiary/aromatic N) is 1. The lowest BCUT2D eigenvalue weighted by atomic mass is 9.76. The molecule has 0 aromatic heterocycles. The maximum Gasteiger partial charge on any atom is 0.139 e. The molecule has 0 bridgehead atoms. The number of hydrogen-bond donors (Lipinski definition) is 0. The summed E-state index contributed by atoms with van der Waals surface area (Å²) >= 11 is 0. The molecule has 1 spiro atoms. The average molecular weight is 243 g/mol. The molecule has 1 aromatic rings. The van der Waals surface area contributed by atoms with Gasteiger partial charge in [-0.15, -0.1) is 0 Å². The van der Waals surface area contributed by atoms with Gasteiger partial charge in [0.05, 0.1) is 0 Å². The highest BCUT2D eigenvalue weighted by molar-refractivity contribution is 5.86. The first-order valence-electron chi connectivity index (χ1n) is 7.08. The van der Waals surface area contributed by atoms with E-state index in [0.717, 1.165) is 51.7 Å². The number of carbonyl (C=O) groups excluding carboxylic acids is 1. The third kappa shape index (κ3) is 2.22. The van der Waals surface area contributed by atoms with Crippen LogP contribution < -0.4 is 0 Å². The first-order chi connectivity index (χ1) is 8.78. The van der Waals surface area contributed by atoms with Gasteiger partial charge in [-0.25, -0.2) is 0 Å². The SMILES string of the molecule is O=C1CCCC12CCN(Cc1ccccc1)CC2. The van der Waals surface area contributed by atoms with Crippen molar-refractivity contribution in [3.05, 3.63) is 35.9 Å². The molecule has 1 aliphatic carbocycles. The van der Waals surface area contributed by atoms with Crippen molar-refractivity contribution in [3.63, 3.8) is 0 Å².